The normalized spacial score (nSPS) is 10.7. The number of halogens is 2. The molecule has 0 radical (unpaired) electrons. The summed E-state index contributed by atoms with van der Waals surface area (Å²) >= 11 is 5.82. The Kier molecular flexibility index (Phi) is 5.42. The van der Waals surface area contributed by atoms with Crippen molar-refractivity contribution in [2.24, 2.45) is 0 Å². The number of nitrogens with zero attached hydrogens (tertiary/aromatic N) is 1. The minimum atomic E-state index is -0.465. The summed E-state index contributed by atoms with van der Waals surface area (Å²) in [5.74, 6) is 0.500. The molecule has 2 aromatic carbocycles. The van der Waals surface area contributed by atoms with Gasteiger partial charge in [-0.05, 0) is 50.5 Å². The SMILES string of the molecule is CN(C)CCOc1cccc(F)c1Oc1ccc(Cl)cc1. The van der Waals surface area contributed by atoms with Crippen LogP contribution in [0.5, 0.6) is 17.2 Å². The van der Waals surface area contributed by atoms with Gasteiger partial charge in [-0.15, -0.1) is 0 Å². The number of hydrogen-bond acceptors (Lipinski definition) is 3. The highest BCUT2D eigenvalue weighted by molar-refractivity contribution is 6.30. The number of hydrogen-bond donors (Lipinski definition) is 0. The number of ether oxygens (including phenoxy) is 2. The van der Waals surface area contributed by atoms with Crippen molar-refractivity contribution in [2.45, 2.75) is 0 Å². The lowest BCUT2D eigenvalue weighted by Gasteiger charge is -2.15. The first-order valence-electron chi connectivity index (χ1n) is 6.56. The van der Waals surface area contributed by atoms with E-state index < -0.39 is 5.82 Å². The quantitative estimate of drug-likeness (QED) is 0.798. The molecule has 0 bridgehead atoms. The Morgan fingerprint density at radius 3 is 2.48 bits per heavy atom. The van der Waals surface area contributed by atoms with E-state index in [0.29, 0.717) is 23.1 Å². The van der Waals surface area contributed by atoms with Crippen LogP contribution in [0, 0.1) is 5.82 Å². The number of rotatable bonds is 6. The molecule has 2 rings (SSSR count). The largest absolute Gasteiger partial charge is 0.488 e. The average Bonchev–Trinajstić information content (AvgIpc) is 2.44. The van der Waals surface area contributed by atoms with Crippen LogP contribution in [-0.4, -0.2) is 32.1 Å². The van der Waals surface area contributed by atoms with Crippen LogP contribution in [0.1, 0.15) is 0 Å². The molecular formula is C16H17ClFNO2. The van der Waals surface area contributed by atoms with E-state index in [1.165, 1.54) is 6.07 Å². The molecule has 0 aromatic heterocycles. The molecule has 0 aliphatic heterocycles. The van der Waals surface area contributed by atoms with Gasteiger partial charge >= 0.3 is 0 Å². The molecule has 5 heteroatoms. The molecule has 0 amide bonds. The smallest absolute Gasteiger partial charge is 0.204 e. The Morgan fingerprint density at radius 1 is 1.10 bits per heavy atom. The maximum absolute atomic E-state index is 14.0. The van der Waals surface area contributed by atoms with E-state index in [2.05, 4.69) is 0 Å². The molecule has 2 aromatic rings. The van der Waals surface area contributed by atoms with Crippen molar-refractivity contribution in [3.8, 4) is 17.2 Å². The zero-order valence-corrected chi connectivity index (χ0v) is 12.7. The molecule has 112 valence electrons. The van der Waals surface area contributed by atoms with Gasteiger partial charge in [-0.2, -0.15) is 0 Å². The third-order valence-corrected chi connectivity index (χ3v) is 3.01. The first-order chi connectivity index (χ1) is 10.1. The minimum absolute atomic E-state index is 0.0820. The fraction of sp³-hybridized carbons (Fsp3) is 0.250. The van der Waals surface area contributed by atoms with Gasteiger partial charge in [0.15, 0.2) is 11.6 Å². The van der Waals surface area contributed by atoms with Crippen LogP contribution in [0.25, 0.3) is 0 Å². The summed E-state index contributed by atoms with van der Waals surface area (Å²) in [4.78, 5) is 1.99. The number of benzene rings is 2. The van der Waals surface area contributed by atoms with Crippen LogP contribution >= 0.6 is 11.6 Å². The lowest BCUT2D eigenvalue weighted by molar-refractivity contribution is 0.251. The van der Waals surface area contributed by atoms with Crippen molar-refractivity contribution in [3.05, 3.63) is 53.3 Å². The molecule has 0 saturated heterocycles. The van der Waals surface area contributed by atoms with Gasteiger partial charge in [-0.3, -0.25) is 0 Å². The van der Waals surface area contributed by atoms with Crippen LogP contribution in [0.3, 0.4) is 0 Å². The number of para-hydroxylation sites is 1. The van der Waals surface area contributed by atoms with E-state index in [4.69, 9.17) is 21.1 Å². The highest BCUT2D eigenvalue weighted by atomic mass is 35.5. The van der Waals surface area contributed by atoms with Crippen molar-refractivity contribution in [1.82, 2.24) is 4.90 Å². The summed E-state index contributed by atoms with van der Waals surface area (Å²) < 4.78 is 25.1. The molecule has 0 fully saturated rings. The first-order valence-corrected chi connectivity index (χ1v) is 6.93. The van der Waals surface area contributed by atoms with Crippen LogP contribution in [-0.2, 0) is 0 Å². The fourth-order valence-electron chi connectivity index (χ4n) is 1.66. The van der Waals surface area contributed by atoms with Crippen molar-refractivity contribution < 1.29 is 13.9 Å². The third-order valence-electron chi connectivity index (χ3n) is 2.76. The zero-order chi connectivity index (χ0) is 15.2. The Morgan fingerprint density at radius 2 is 1.81 bits per heavy atom. The summed E-state index contributed by atoms with van der Waals surface area (Å²) in [5, 5.41) is 0.596. The monoisotopic (exact) mass is 309 g/mol. The van der Waals surface area contributed by atoms with Gasteiger partial charge in [0.1, 0.15) is 12.4 Å². The lowest BCUT2D eigenvalue weighted by Crippen LogP contribution is -2.19. The summed E-state index contributed by atoms with van der Waals surface area (Å²) in [6.45, 7) is 1.18. The predicted molar refractivity (Wildman–Crippen MR) is 82.0 cm³/mol. The van der Waals surface area contributed by atoms with E-state index in [-0.39, 0.29) is 5.75 Å². The van der Waals surface area contributed by atoms with Gasteiger partial charge in [0.2, 0.25) is 5.75 Å². The van der Waals surface area contributed by atoms with Crippen molar-refractivity contribution in [2.75, 3.05) is 27.2 Å². The van der Waals surface area contributed by atoms with Gasteiger partial charge in [0.25, 0.3) is 0 Å². The van der Waals surface area contributed by atoms with Gasteiger partial charge < -0.3 is 14.4 Å². The molecule has 0 heterocycles. The van der Waals surface area contributed by atoms with Crippen molar-refractivity contribution in [1.29, 1.82) is 0 Å². The molecule has 0 aliphatic rings. The van der Waals surface area contributed by atoms with E-state index >= 15 is 0 Å². The Hall–Kier alpha value is -1.78. The lowest BCUT2D eigenvalue weighted by atomic mass is 10.3. The van der Waals surface area contributed by atoms with Gasteiger partial charge in [0.05, 0.1) is 0 Å². The molecule has 0 spiro atoms. The first kappa shape index (κ1) is 15.6. The summed E-state index contributed by atoms with van der Waals surface area (Å²) in [5.41, 5.74) is 0. The maximum atomic E-state index is 14.0. The maximum Gasteiger partial charge on any atom is 0.204 e. The topological polar surface area (TPSA) is 21.7 Å². The van der Waals surface area contributed by atoms with E-state index in [1.54, 1.807) is 36.4 Å². The second-order valence-electron chi connectivity index (χ2n) is 4.77. The molecule has 0 atom stereocenters. The highest BCUT2D eigenvalue weighted by Gasteiger charge is 2.12. The zero-order valence-electron chi connectivity index (χ0n) is 12.0. The van der Waals surface area contributed by atoms with Gasteiger partial charge in [-0.25, -0.2) is 4.39 Å². The van der Waals surface area contributed by atoms with E-state index in [9.17, 15) is 4.39 Å². The summed E-state index contributed by atoms with van der Waals surface area (Å²) in [6.07, 6.45) is 0. The minimum Gasteiger partial charge on any atom is -0.488 e. The Balaban J connectivity index is 2.15. The Bertz CT molecular complexity index is 587. The van der Waals surface area contributed by atoms with E-state index in [0.717, 1.165) is 6.54 Å². The molecule has 0 saturated carbocycles. The second kappa shape index (κ2) is 7.29. The molecule has 0 aliphatic carbocycles. The van der Waals surface area contributed by atoms with Crippen LogP contribution in [0.2, 0.25) is 5.02 Å². The molecular weight excluding hydrogens is 293 g/mol. The third kappa shape index (κ3) is 4.62. The Labute approximate surface area is 128 Å². The number of likely N-dealkylation sites (N-methyl/N-ethyl adjacent to an activating group) is 1. The molecule has 0 N–H and O–H groups in total. The van der Waals surface area contributed by atoms with Crippen molar-refractivity contribution >= 4 is 11.6 Å². The van der Waals surface area contributed by atoms with Crippen LogP contribution in [0.4, 0.5) is 4.39 Å². The standard InChI is InChI=1S/C16H17ClFNO2/c1-19(2)10-11-20-15-5-3-4-14(18)16(15)21-13-8-6-12(17)7-9-13/h3-9H,10-11H2,1-2H3. The molecule has 3 nitrogen and oxygen atoms in total. The highest BCUT2D eigenvalue weighted by Crippen LogP contribution is 2.34. The molecule has 0 unspecified atom stereocenters. The fourth-order valence-corrected chi connectivity index (χ4v) is 1.79. The van der Waals surface area contributed by atoms with Gasteiger partial charge in [-0.1, -0.05) is 17.7 Å². The van der Waals surface area contributed by atoms with Crippen molar-refractivity contribution in [3.63, 3.8) is 0 Å². The molecule has 21 heavy (non-hydrogen) atoms. The summed E-state index contributed by atoms with van der Waals surface area (Å²) in [7, 11) is 3.89. The van der Waals surface area contributed by atoms with Crippen LogP contribution < -0.4 is 9.47 Å². The van der Waals surface area contributed by atoms with Gasteiger partial charge in [0, 0.05) is 11.6 Å². The average molecular weight is 310 g/mol. The van der Waals surface area contributed by atoms with Crippen LogP contribution in [0.15, 0.2) is 42.5 Å². The van der Waals surface area contributed by atoms with E-state index in [1.807, 2.05) is 19.0 Å². The second-order valence-corrected chi connectivity index (χ2v) is 5.21. The predicted octanol–water partition coefficient (Wildman–Crippen LogP) is 4.21. The summed E-state index contributed by atoms with van der Waals surface area (Å²) in [6, 6.07) is 11.3.